The van der Waals surface area contributed by atoms with Crippen LogP contribution < -0.4 is 5.73 Å². The lowest BCUT2D eigenvalue weighted by Crippen LogP contribution is -2.40. The molecule has 134 valence electrons. The minimum absolute atomic E-state index is 0. The van der Waals surface area contributed by atoms with Gasteiger partial charge in [-0.15, -0.1) is 12.4 Å². The maximum Gasteiger partial charge on any atom is 0.230 e. The number of nitrogens with zero attached hydrogens (tertiary/aromatic N) is 1. The van der Waals surface area contributed by atoms with Crippen LogP contribution in [0.3, 0.4) is 0 Å². The van der Waals surface area contributed by atoms with Crippen molar-refractivity contribution in [2.75, 3.05) is 19.6 Å². The molecule has 1 amide bonds. The second-order valence-electron chi connectivity index (χ2n) is 6.49. The lowest BCUT2D eigenvalue weighted by Gasteiger charge is -2.31. The Balaban J connectivity index is 0.00000225. The number of hydrogen-bond acceptors (Lipinski definition) is 2. The molecule has 0 bridgehead atoms. The van der Waals surface area contributed by atoms with Crippen LogP contribution in [0.15, 0.2) is 54.6 Å². The number of halogens is 1. The summed E-state index contributed by atoms with van der Waals surface area (Å²) in [6, 6.07) is 18.7. The second kappa shape index (κ2) is 9.59. The standard InChI is InChI=1S/C21H26N2O.ClH/c22-14-16-23(15-13-17-7-2-1-3-8-17)21(24)20-12-6-10-18-9-4-5-11-19(18)20;/h1-5,7-9,11,20H,6,10,12-16,22H2;1H. The fraction of sp³-hybridized carbons (Fsp3) is 0.381. The van der Waals surface area contributed by atoms with Gasteiger partial charge in [0.25, 0.3) is 0 Å². The third kappa shape index (κ3) is 4.83. The Morgan fingerprint density at radius 2 is 1.76 bits per heavy atom. The molecule has 1 atom stereocenters. The number of amides is 1. The Kier molecular flexibility index (Phi) is 7.48. The van der Waals surface area contributed by atoms with Crippen molar-refractivity contribution in [3.63, 3.8) is 0 Å². The van der Waals surface area contributed by atoms with Crippen molar-refractivity contribution >= 4 is 18.3 Å². The minimum Gasteiger partial charge on any atom is -0.341 e. The Labute approximate surface area is 156 Å². The van der Waals surface area contributed by atoms with Gasteiger partial charge in [-0.2, -0.15) is 0 Å². The van der Waals surface area contributed by atoms with Gasteiger partial charge in [0, 0.05) is 19.6 Å². The Morgan fingerprint density at radius 1 is 1.04 bits per heavy atom. The van der Waals surface area contributed by atoms with Crippen molar-refractivity contribution in [2.45, 2.75) is 31.6 Å². The van der Waals surface area contributed by atoms with E-state index in [4.69, 9.17) is 5.73 Å². The summed E-state index contributed by atoms with van der Waals surface area (Å²) in [5, 5.41) is 0. The van der Waals surface area contributed by atoms with E-state index in [-0.39, 0.29) is 24.2 Å². The molecular weight excluding hydrogens is 332 g/mol. The summed E-state index contributed by atoms with van der Waals surface area (Å²) < 4.78 is 0. The molecule has 3 nitrogen and oxygen atoms in total. The van der Waals surface area contributed by atoms with E-state index in [2.05, 4.69) is 30.3 Å². The highest BCUT2D eigenvalue weighted by Crippen LogP contribution is 2.32. The lowest BCUT2D eigenvalue weighted by molar-refractivity contribution is -0.133. The summed E-state index contributed by atoms with van der Waals surface area (Å²) in [6.07, 6.45) is 3.99. The van der Waals surface area contributed by atoms with Gasteiger partial charge in [0.05, 0.1) is 5.92 Å². The van der Waals surface area contributed by atoms with Crippen molar-refractivity contribution in [1.82, 2.24) is 4.90 Å². The van der Waals surface area contributed by atoms with E-state index in [1.807, 2.05) is 29.2 Å². The first-order valence-corrected chi connectivity index (χ1v) is 8.90. The van der Waals surface area contributed by atoms with Crippen LogP contribution in [-0.4, -0.2) is 30.4 Å². The van der Waals surface area contributed by atoms with Gasteiger partial charge in [0.2, 0.25) is 5.91 Å². The summed E-state index contributed by atoms with van der Waals surface area (Å²) >= 11 is 0. The summed E-state index contributed by atoms with van der Waals surface area (Å²) in [7, 11) is 0. The zero-order chi connectivity index (χ0) is 16.8. The van der Waals surface area contributed by atoms with Gasteiger partial charge in [0.1, 0.15) is 0 Å². The van der Waals surface area contributed by atoms with Crippen LogP contribution in [0, 0.1) is 0 Å². The Bertz CT molecular complexity index is 675. The molecule has 4 heteroatoms. The van der Waals surface area contributed by atoms with Gasteiger partial charge < -0.3 is 10.6 Å². The lowest BCUT2D eigenvalue weighted by atomic mass is 9.82. The number of hydrogen-bond donors (Lipinski definition) is 1. The minimum atomic E-state index is -0.00252. The second-order valence-corrected chi connectivity index (χ2v) is 6.49. The number of carbonyl (C=O) groups excluding carboxylic acids is 1. The molecule has 0 saturated carbocycles. The predicted molar refractivity (Wildman–Crippen MR) is 105 cm³/mol. The van der Waals surface area contributed by atoms with Crippen molar-refractivity contribution in [3.05, 3.63) is 71.3 Å². The predicted octanol–water partition coefficient (Wildman–Crippen LogP) is 3.56. The van der Waals surface area contributed by atoms with E-state index < -0.39 is 0 Å². The molecule has 0 heterocycles. The summed E-state index contributed by atoms with van der Waals surface area (Å²) in [5.41, 5.74) is 9.58. The average molecular weight is 359 g/mol. The van der Waals surface area contributed by atoms with Crippen LogP contribution >= 0.6 is 12.4 Å². The van der Waals surface area contributed by atoms with E-state index in [1.165, 1.54) is 16.7 Å². The SMILES string of the molecule is Cl.NCCN(CCc1ccccc1)C(=O)C1CCCc2ccccc21. The molecular formula is C21H27ClN2O. The molecule has 2 aromatic carbocycles. The third-order valence-corrected chi connectivity index (χ3v) is 4.89. The van der Waals surface area contributed by atoms with Crippen molar-refractivity contribution < 1.29 is 4.79 Å². The normalized spacial score (nSPS) is 15.8. The van der Waals surface area contributed by atoms with Gasteiger partial charge in [-0.1, -0.05) is 54.6 Å². The molecule has 2 N–H and O–H groups in total. The van der Waals surface area contributed by atoms with E-state index >= 15 is 0 Å². The van der Waals surface area contributed by atoms with Crippen LogP contribution in [0.25, 0.3) is 0 Å². The van der Waals surface area contributed by atoms with Gasteiger partial charge in [0.15, 0.2) is 0 Å². The number of rotatable bonds is 6. The zero-order valence-electron chi connectivity index (χ0n) is 14.6. The highest BCUT2D eigenvalue weighted by atomic mass is 35.5. The van der Waals surface area contributed by atoms with Crippen molar-refractivity contribution in [3.8, 4) is 0 Å². The largest absolute Gasteiger partial charge is 0.341 e. The molecule has 1 aliphatic rings. The van der Waals surface area contributed by atoms with Crippen molar-refractivity contribution in [1.29, 1.82) is 0 Å². The van der Waals surface area contributed by atoms with Gasteiger partial charge in [-0.25, -0.2) is 0 Å². The number of fused-ring (bicyclic) bond motifs is 1. The Morgan fingerprint density at radius 3 is 2.52 bits per heavy atom. The quantitative estimate of drug-likeness (QED) is 0.858. The fourth-order valence-electron chi connectivity index (χ4n) is 3.63. The molecule has 0 fully saturated rings. The monoisotopic (exact) mass is 358 g/mol. The maximum atomic E-state index is 13.1. The highest BCUT2D eigenvalue weighted by molar-refractivity contribution is 5.85. The van der Waals surface area contributed by atoms with Crippen LogP contribution in [-0.2, 0) is 17.6 Å². The van der Waals surface area contributed by atoms with Gasteiger partial charge in [-0.3, -0.25) is 4.79 Å². The van der Waals surface area contributed by atoms with E-state index in [9.17, 15) is 4.79 Å². The molecule has 0 spiro atoms. The first-order valence-electron chi connectivity index (χ1n) is 8.90. The van der Waals surface area contributed by atoms with Crippen LogP contribution in [0.1, 0.15) is 35.4 Å². The summed E-state index contributed by atoms with van der Waals surface area (Å²) in [5.74, 6) is 0.237. The molecule has 0 aliphatic heterocycles. The Hall–Kier alpha value is -1.84. The fourth-order valence-corrected chi connectivity index (χ4v) is 3.63. The molecule has 0 saturated heterocycles. The average Bonchev–Trinajstić information content (AvgIpc) is 2.65. The van der Waals surface area contributed by atoms with Crippen LogP contribution in [0.4, 0.5) is 0 Å². The highest BCUT2D eigenvalue weighted by Gasteiger charge is 2.29. The molecule has 25 heavy (non-hydrogen) atoms. The van der Waals surface area contributed by atoms with Gasteiger partial charge in [-0.05, 0) is 42.4 Å². The molecule has 3 rings (SSSR count). The van der Waals surface area contributed by atoms with E-state index in [0.717, 1.165) is 32.2 Å². The number of carbonyl (C=O) groups is 1. The first-order chi connectivity index (χ1) is 11.8. The maximum absolute atomic E-state index is 13.1. The zero-order valence-corrected chi connectivity index (χ0v) is 15.4. The number of nitrogens with two attached hydrogens (primary N) is 1. The smallest absolute Gasteiger partial charge is 0.230 e. The molecule has 0 radical (unpaired) electrons. The first kappa shape index (κ1) is 19.5. The van der Waals surface area contributed by atoms with E-state index in [0.29, 0.717) is 13.1 Å². The molecule has 0 aromatic heterocycles. The van der Waals surface area contributed by atoms with Gasteiger partial charge >= 0.3 is 0 Å². The van der Waals surface area contributed by atoms with Crippen LogP contribution in [0.2, 0.25) is 0 Å². The van der Waals surface area contributed by atoms with Crippen molar-refractivity contribution in [2.24, 2.45) is 5.73 Å². The molecule has 1 unspecified atom stereocenters. The topological polar surface area (TPSA) is 46.3 Å². The third-order valence-electron chi connectivity index (χ3n) is 4.89. The number of aryl methyl sites for hydroxylation is 1. The number of benzene rings is 2. The molecule has 2 aromatic rings. The summed E-state index contributed by atoms with van der Waals surface area (Å²) in [4.78, 5) is 15.1. The molecule has 1 aliphatic carbocycles. The summed E-state index contributed by atoms with van der Waals surface area (Å²) in [6.45, 7) is 1.87. The van der Waals surface area contributed by atoms with Crippen LogP contribution in [0.5, 0.6) is 0 Å². The van der Waals surface area contributed by atoms with E-state index in [1.54, 1.807) is 0 Å².